The van der Waals surface area contributed by atoms with E-state index in [1.807, 2.05) is 0 Å². The van der Waals surface area contributed by atoms with Crippen molar-refractivity contribution < 1.29 is 13.2 Å². The monoisotopic (exact) mass is 247 g/mol. The lowest BCUT2D eigenvalue weighted by atomic mass is 9.97. The Bertz CT molecular complexity index is 328. The molecule has 0 aromatic heterocycles. The second-order valence-electron chi connectivity index (χ2n) is 5.05. The minimum Gasteiger partial charge on any atom is -0.377 e. The predicted octanol–water partition coefficient (Wildman–Crippen LogP) is 0.565. The van der Waals surface area contributed by atoms with Gasteiger partial charge < -0.3 is 10.5 Å². The van der Waals surface area contributed by atoms with Crippen molar-refractivity contribution in [1.82, 2.24) is 0 Å². The first kappa shape index (κ1) is 12.3. The van der Waals surface area contributed by atoms with Gasteiger partial charge in [0.15, 0.2) is 9.84 Å². The van der Waals surface area contributed by atoms with Gasteiger partial charge in [-0.25, -0.2) is 8.42 Å². The Morgan fingerprint density at radius 3 is 2.56 bits per heavy atom. The van der Waals surface area contributed by atoms with Crippen LogP contribution in [0.5, 0.6) is 0 Å². The van der Waals surface area contributed by atoms with E-state index in [0.717, 1.165) is 6.54 Å². The van der Waals surface area contributed by atoms with Crippen LogP contribution in [0.15, 0.2) is 0 Å². The molecule has 5 heteroatoms. The standard InChI is InChI=1S/C11H21NO3S/c12-6-9-2-1-3-10(9)7-15-11-4-5-16(13,14)8-11/h9-11H,1-8,12H2. The highest BCUT2D eigenvalue weighted by molar-refractivity contribution is 7.91. The number of ether oxygens (including phenoxy) is 1. The van der Waals surface area contributed by atoms with Gasteiger partial charge in [0.2, 0.25) is 0 Å². The van der Waals surface area contributed by atoms with Gasteiger partial charge in [-0.3, -0.25) is 0 Å². The van der Waals surface area contributed by atoms with Crippen LogP contribution in [0.2, 0.25) is 0 Å². The van der Waals surface area contributed by atoms with Gasteiger partial charge in [0.25, 0.3) is 0 Å². The summed E-state index contributed by atoms with van der Waals surface area (Å²) < 4.78 is 28.2. The maximum Gasteiger partial charge on any atom is 0.152 e. The molecule has 2 N–H and O–H groups in total. The third-order valence-electron chi connectivity index (χ3n) is 3.86. The molecule has 2 fully saturated rings. The molecule has 0 aromatic rings. The Morgan fingerprint density at radius 2 is 1.94 bits per heavy atom. The van der Waals surface area contributed by atoms with Crippen molar-refractivity contribution in [3.05, 3.63) is 0 Å². The van der Waals surface area contributed by atoms with Gasteiger partial charge in [0, 0.05) is 0 Å². The second kappa shape index (κ2) is 5.02. The van der Waals surface area contributed by atoms with Gasteiger partial charge in [-0.05, 0) is 37.6 Å². The fraction of sp³-hybridized carbons (Fsp3) is 1.00. The molecule has 0 aromatic carbocycles. The fourth-order valence-electron chi connectivity index (χ4n) is 2.80. The molecule has 0 bridgehead atoms. The molecule has 94 valence electrons. The van der Waals surface area contributed by atoms with Gasteiger partial charge in [0.1, 0.15) is 0 Å². The summed E-state index contributed by atoms with van der Waals surface area (Å²) >= 11 is 0. The molecule has 1 heterocycles. The highest BCUT2D eigenvalue weighted by Crippen LogP contribution is 2.31. The number of rotatable bonds is 4. The van der Waals surface area contributed by atoms with E-state index < -0.39 is 9.84 Å². The highest BCUT2D eigenvalue weighted by Gasteiger charge is 2.31. The average molecular weight is 247 g/mol. The number of sulfone groups is 1. The number of nitrogens with two attached hydrogens (primary N) is 1. The van der Waals surface area contributed by atoms with Crippen molar-refractivity contribution in [2.75, 3.05) is 24.7 Å². The van der Waals surface area contributed by atoms with E-state index >= 15 is 0 Å². The molecule has 4 nitrogen and oxygen atoms in total. The summed E-state index contributed by atoms with van der Waals surface area (Å²) in [6, 6.07) is 0. The maximum atomic E-state index is 11.3. The van der Waals surface area contributed by atoms with Crippen LogP contribution in [0.1, 0.15) is 25.7 Å². The summed E-state index contributed by atoms with van der Waals surface area (Å²) in [5, 5.41) is 0. The Kier molecular flexibility index (Phi) is 3.87. The molecule has 1 saturated carbocycles. The Hall–Kier alpha value is -0.130. The molecule has 2 rings (SSSR count). The molecule has 1 aliphatic heterocycles. The smallest absolute Gasteiger partial charge is 0.152 e. The zero-order valence-electron chi connectivity index (χ0n) is 9.60. The summed E-state index contributed by atoms with van der Waals surface area (Å²) in [6.07, 6.45) is 4.22. The van der Waals surface area contributed by atoms with Crippen molar-refractivity contribution in [1.29, 1.82) is 0 Å². The Morgan fingerprint density at radius 1 is 1.19 bits per heavy atom. The summed E-state index contributed by atoms with van der Waals surface area (Å²) in [5.41, 5.74) is 5.70. The minimum absolute atomic E-state index is 0.0657. The number of hydrogen-bond acceptors (Lipinski definition) is 4. The Labute approximate surface area is 97.5 Å². The van der Waals surface area contributed by atoms with Crippen molar-refractivity contribution in [2.24, 2.45) is 17.6 Å². The zero-order valence-corrected chi connectivity index (χ0v) is 10.4. The van der Waals surface area contributed by atoms with E-state index in [0.29, 0.717) is 30.6 Å². The van der Waals surface area contributed by atoms with Crippen LogP contribution >= 0.6 is 0 Å². The van der Waals surface area contributed by atoms with E-state index in [-0.39, 0.29) is 11.9 Å². The fourth-order valence-corrected chi connectivity index (χ4v) is 4.41. The van der Waals surface area contributed by atoms with Crippen LogP contribution in [0.3, 0.4) is 0 Å². The van der Waals surface area contributed by atoms with Gasteiger partial charge in [0.05, 0.1) is 24.2 Å². The summed E-state index contributed by atoms with van der Waals surface area (Å²) in [6.45, 7) is 1.43. The van der Waals surface area contributed by atoms with Gasteiger partial charge >= 0.3 is 0 Å². The minimum atomic E-state index is -2.81. The first-order chi connectivity index (χ1) is 7.61. The molecule has 3 atom stereocenters. The summed E-state index contributed by atoms with van der Waals surface area (Å²) in [4.78, 5) is 0. The zero-order chi connectivity index (χ0) is 11.6. The molecular weight excluding hydrogens is 226 g/mol. The van der Waals surface area contributed by atoms with E-state index in [1.165, 1.54) is 19.3 Å². The van der Waals surface area contributed by atoms with Crippen LogP contribution in [0.4, 0.5) is 0 Å². The maximum absolute atomic E-state index is 11.3. The lowest BCUT2D eigenvalue weighted by molar-refractivity contribution is 0.0360. The predicted molar refractivity (Wildman–Crippen MR) is 62.9 cm³/mol. The third kappa shape index (κ3) is 2.96. The van der Waals surface area contributed by atoms with Crippen LogP contribution in [-0.2, 0) is 14.6 Å². The Balaban J connectivity index is 1.76. The van der Waals surface area contributed by atoms with Crippen LogP contribution in [0, 0.1) is 11.8 Å². The first-order valence-electron chi connectivity index (χ1n) is 6.13. The lowest BCUT2D eigenvalue weighted by Crippen LogP contribution is -2.25. The van der Waals surface area contributed by atoms with Gasteiger partial charge in [-0.2, -0.15) is 0 Å². The van der Waals surface area contributed by atoms with Crippen molar-refractivity contribution >= 4 is 9.84 Å². The highest BCUT2D eigenvalue weighted by atomic mass is 32.2. The van der Waals surface area contributed by atoms with E-state index in [4.69, 9.17) is 10.5 Å². The van der Waals surface area contributed by atoms with Crippen molar-refractivity contribution in [3.8, 4) is 0 Å². The quantitative estimate of drug-likeness (QED) is 0.788. The molecule has 16 heavy (non-hydrogen) atoms. The number of hydrogen-bond donors (Lipinski definition) is 1. The molecule has 0 amide bonds. The van der Waals surface area contributed by atoms with Gasteiger partial charge in [-0.1, -0.05) is 6.42 Å². The lowest BCUT2D eigenvalue weighted by Gasteiger charge is -2.19. The average Bonchev–Trinajstić information content (AvgIpc) is 2.81. The normalized spacial score (nSPS) is 37.9. The van der Waals surface area contributed by atoms with E-state index in [2.05, 4.69) is 0 Å². The molecule has 2 aliphatic rings. The SMILES string of the molecule is NCC1CCCC1COC1CCS(=O)(=O)C1. The molecule has 1 aliphatic carbocycles. The topological polar surface area (TPSA) is 69.4 Å². The van der Waals surface area contributed by atoms with Crippen LogP contribution < -0.4 is 5.73 Å². The molecule has 0 radical (unpaired) electrons. The summed E-state index contributed by atoms with van der Waals surface area (Å²) in [5.74, 6) is 1.64. The van der Waals surface area contributed by atoms with Crippen LogP contribution in [0.25, 0.3) is 0 Å². The molecular formula is C11H21NO3S. The molecule has 1 saturated heterocycles. The first-order valence-corrected chi connectivity index (χ1v) is 7.95. The molecule has 3 unspecified atom stereocenters. The third-order valence-corrected chi connectivity index (χ3v) is 5.59. The van der Waals surface area contributed by atoms with Crippen molar-refractivity contribution in [3.63, 3.8) is 0 Å². The van der Waals surface area contributed by atoms with E-state index in [9.17, 15) is 8.42 Å². The second-order valence-corrected chi connectivity index (χ2v) is 7.27. The largest absolute Gasteiger partial charge is 0.377 e. The summed E-state index contributed by atoms with van der Waals surface area (Å²) in [7, 11) is -2.81. The van der Waals surface area contributed by atoms with Crippen LogP contribution in [-0.4, -0.2) is 39.2 Å². The molecule has 0 spiro atoms. The van der Waals surface area contributed by atoms with E-state index in [1.54, 1.807) is 0 Å². The van der Waals surface area contributed by atoms with Crippen molar-refractivity contribution in [2.45, 2.75) is 31.8 Å². The van der Waals surface area contributed by atoms with Gasteiger partial charge in [-0.15, -0.1) is 0 Å².